The number of hydrogen-bond acceptors (Lipinski definition) is 1. The van der Waals surface area contributed by atoms with Gasteiger partial charge in [0.15, 0.2) is 0 Å². The van der Waals surface area contributed by atoms with Crippen LogP contribution in [0.2, 0.25) is 0 Å². The van der Waals surface area contributed by atoms with Crippen LogP contribution in [0.3, 0.4) is 0 Å². The van der Waals surface area contributed by atoms with E-state index < -0.39 is 0 Å². The predicted molar refractivity (Wildman–Crippen MR) is 38.4 cm³/mol. The Balaban J connectivity index is 3.27. The summed E-state index contributed by atoms with van der Waals surface area (Å²) in [6.45, 7) is 0. The van der Waals surface area contributed by atoms with Gasteiger partial charge in [-0.3, -0.25) is 4.79 Å². The van der Waals surface area contributed by atoms with E-state index in [4.69, 9.17) is 0 Å². The fourth-order valence-corrected chi connectivity index (χ4v) is 0.391. The lowest BCUT2D eigenvalue weighted by atomic mass is 10.5. The Labute approximate surface area is 56.2 Å². The second-order valence-electron chi connectivity index (χ2n) is 0.839. The molecule has 0 aliphatic heterocycles. The molecule has 0 fully saturated rings. The SMILES string of the molecule is O=C/C=C/C=C/I. The molecule has 0 aromatic rings. The van der Waals surface area contributed by atoms with Gasteiger partial charge < -0.3 is 0 Å². The molecule has 0 unspecified atom stereocenters. The Bertz CT molecular complexity index is 94.3. The number of halogens is 1. The van der Waals surface area contributed by atoms with E-state index in [-0.39, 0.29) is 0 Å². The molecule has 0 amide bonds. The van der Waals surface area contributed by atoms with Crippen LogP contribution in [0.1, 0.15) is 0 Å². The monoisotopic (exact) mass is 208 g/mol. The summed E-state index contributed by atoms with van der Waals surface area (Å²) >= 11 is 2.08. The fraction of sp³-hybridized carbons (Fsp3) is 0. The normalized spacial score (nSPS) is 11.0. The van der Waals surface area contributed by atoms with Crippen molar-refractivity contribution in [3.8, 4) is 0 Å². The molecular formula is C5H5IO. The third-order valence-electron chi connectivity index (χ3n) is 0.374. The quantitative estimate of drug-likeness (QED) is 0.292. The Morgan fingerprint density at radius 2 is 1.86 bits per heavy atom. The Morgan fingerprint density at radius 3 is 2.29 bits per heavy atom. The minimum atomic E-state index is 0.747. The van der Waals surface area contributed by atoms with Gasteiger partial charge in [0, 0.05) is 0 Å². The molecule has 0 aliphatic carbocycles. The summed E-state index contributed by atoms with van der Waals surface area (Å²) in [5, 5.41) is 0. The highest BCUT2D eigenvalue weighted by Crippen LogP contribution is 1.82. The first kappa shape index (κ1) is 6.88. The summed E-state index contributed by atoms with van der Waals surface area (Å²) in [7, 11) is 0. The molecule has 0 saturated heterocycles. The highest BCUT2D eigenvalue weighted by Gasteiger charge is 1.56. The maximum absolute atomic E-state index is 9.56. The van der Waals surface area contributed by atoms with E-state index in [1.807, 2.05) is 4.08 Å². The zero-order chi connectivity index (χ0) is 5.54. The minimum absolute atomic E-state index is 0.747. The molecule has 0 bridgehead atoms. The van der Waals surface area contributed by atoms with Crippen LogP contribution in [0.25, 0.3) is 0 Å². The van der Waals surface area contributed by atoms with E-state index in [1.54, 1.807) is 12.2 Å². The van der Waals surface area contributed by atoms with Crippen molar-refractivity contribution in [3.05, 3.63) is 22.3 Å². The highest BCUT2D eigenvalue weighted by atomic mass is 127. The molecule has 38 valence electrons. The van der Waals surface area contributed by atoms with Gasteiger partial charge in [0.25, 0.3) is 0 Å². The maximum atomic E-state index is 9.56. The number of allylic oxidation sites excluding steroid dienone is 3. The smallest absolute Gasteiger partial charge is 0.142 e. The van der Waals surface area contributed by atoms with Crippen LogP contribution in [0, 0.1) is 0 Å². The predicted octanol–water partition coefficient (Wildman–Crippen LogP) is 1.69. The van der Waals surface area contributed by atoms with E-state index in [1.165, 1.54) is 6.08 Å². The van der Waals surface area contributed by atoms with Crippen molar-refractivity contribution in [3.63, 3.8) is 0 Å². The lowest BCUT2D eigenvalue weighted by Crippen LogP contribution is -1.53. The van der Waals surface area contributed by atoms with Crippen molar-refractivity contribution < 1.29 is 4.79 Å². The Hall–Kier alpha value is -0.120. The highest BCUT2D eigenvalue weighted by molar-refractivity contribution is 14.1. The molecule has 0 radical (unpaired) electrons. The van der Waals surface area contributed by atoms with Gasteiger partial charge in [0.1, 0.15) is 6.29 Å². The first-order valence-corrected chi connectivity index (χ1v) is 3.03. The zero-order valence-electron chi connectivity index (χ0n) is 3.67. The molecule has 0 aromatic heterocycles. The number of rotatable bonds is 2. The van der Waals surface area contributed by atoms with Crippen LogP contribution in [-0.2, 0) is 4.79 Å². The lowest BCUT2D eigenvalue weighted by Gasteiger charge is -1.61. The van der Waals surface area contributed by atoms with Gasteiger partial charge >= 0.3 is 0 Å². The first-order valence-electron chi connectivity index (χ1n) is 1.79. The number of hydrogen-bond donors (Lipinski definition) is 0. The molecule has 0 aromatic carbocycles. The Kier molecular flexibility index (Phi) is 5.78. The van der Waals surface area contributed by atoms with E-state index in [9.17, 15) is 4.79 Å². The van der Waals surface area contributed by atoms with Crippen LogP contribution in [-0.4, -0.2) is 6.29 Å². The Morgan fingerprint density at radius 1 is 1.14 bits per heavy atom. The van der Waals surface area contributed by atoms with Crippen LogP contribution in [0.15, 0.2) is 22.3 Å². The van der Waals surface area contributed by atoms with Crippen LogP contribution in [0.4, 0.5) is 0 Å². The average Bonchev–Trinajstić information content (AvgIpc) is 1.69. The number of carbonyl (C=O) groups is 1. The van der Waals surface area contributed by atoms with Gasteiger partial charge in [-0.15, -0.1) is 0 Å². The summed E-state index contributed by atoms with van der Waals surface area (Å²) in [4.78, 5) is 9.56. The molecular weight excluding hydrogens is 203 g/mol. The largest absolute Gasteiger partial charge is 0.299 e. The molecule has 1 nitrogen and oxygen atoms in total. The molecule has 2 heteroatoms. The standard InChI is InChI=1S/C5H5IO/c6-4-2-1-3-5-7/h1-5H/b3-1+,4-2+. The molecule has 0 saturated carbocycles. The van der Waals surface area contributed by atoms with Crippen molar-refractivity contribution in [2.24, 2.45) is 0 Å². The summed E-state index contributed by atoms with van der Waals surface area (Å²) in [6, 6.07) is 0. The minimum Gasteiger partial charge on any atom is -0.299 e. The van der Waals surface area contributed by atoms with E-state index in [0.29, 0.717) is 0 Å². The first-order chi connectivity index (χ1) is 3.41. The third-order valence-corrected chi connectivity index (χ3v) is 0.789. The van der Waals surface area contributed by atoms with Crippen molar-refractivity contribution in [1.29, 1.82) is 0 Å². The molecule has 0 heterocycles. The molecule has 0 N–H and O–H groups in total. The van der Waals surface area contributed by atoms with Gasteiger partial charge in [-0.1, -0.05) is 34.7 Å². The van der Waals surface area contributed by atoms with Crippen LogP contribution < -0.4 is 0 Å². The van der Waals surface area contributed by atoms with Crippen LogP contribution >= 0.6 is 22.6 Å². The summed E-state index contributed by atoms with van der Waals surface area (Å²) in [5.41, 5.74) is 0. The van der Waals surface area contributed by atoms with E-state index >= 15 is 0 Å². The summed E-state index contributed by atoms with van der Waals surface area (Å²) < 4.78 is 1.83. The van der Waals surface area contributed by atoms with E-state index in [0.717, 1.165) is 6.29 Å². The lowest BCUT2D eigenvalue weighted by molar-refractivity contribution is -0.104. The van der Waals surface area contributed by atoms with Crippen molar-refractivity contribution in [2.45, 2.75) is 0 Å². The second kappa shape index (κ2) is 5.88. The van der Waals surface area contributed by atoms with Gasteiger partial charge in [0.2, 0.25) is 0 Å². The number of carbonyl (C=O) groups excluding carboxylic acids is 1. The van der Waals surface area contributed by atoms with Gasteiger partial charge in [-0.25, -0.2) is 0 Å². The summed E-state index contributed by atoms with van der Waals surface area (Å²) in [6.07, 6.45) is 5.65. The second-order valence-corrected chi connectivity index (χ2v) is 1.56. The topological polar surface area (TPSA) is 17.1 Å². The molecule has 0 rings (SSSR count). The van der Waals surface area contributed by atoms with Gasteiger partial charge in [-0.05, 0) is 10.2 Å². The van der Waals surface area contributed by atoms with Crippen molar-refractivity contribution in [1.82, 2.24) is 0 Å². The third kappa shape index (κ3) is 5.88. The molecule has 7 heavy (non-hydrogen) atoms. The average molecular weight is 208 g/mol. The zero-order valence-corrected chi connectivity index (χ0v) is 5.83. The molecule has 0 spiro atoms. The van der Waals surface area contributed by atoms with Crippen molar-refractivity contribution >= 4 is 28.9 Å². The van der Waals surface area contributed by atoms with Gasteiger partial charge in [-0.2, -0.15) is 0 Å². The molecule has 0 atom stereocenters. The summed E-state index contributed by atoms with van der Waals surface area (Å²) in [5.74, 6) is 0. The van der Waals surface area contributed by atoms with Gasteiger partial charge in [0.05, 0.1) is 0 Å². The van der Waals surface area contributed by atoms with Crippen molar-refractivity contribution in [2.75, 3.05) is 0 Å². The molecule has 0 aliphatic rings. The maximum Gasteiger partial charge on any atom is 0.142 e. The van der Waals surface area contributed by atoms with E-state index in [2.05, 4.69) is 22.6 Å². The number of aldehydes is 1. The fourth-order valence-electron chi connectivity index (χ4n) is 0.152. The van der Waals surface area contributed by atoms with Crippen LogP contribution in [0.5, 0.6) is 0 Å².